The molecule has 118 valence electrons. The van der Waals surface area contributed by atoms with Crippen LogP contribution in [0.1, 0.15) is 18.6 Å². The third-order valence-electron chi connectivity index (χ3n) is 3.65. The molecule has 0 bridgehead atoms. The maximum absolute atomic E-state index is 12.1. The Morgan fingerprint density at radius 2 is 2.10 bits per heavy atom. The molecule has 8 nitrogen and oxygen atoms in total. The molecule has 0 aliphatic carbocycles. The van der Waals surface area contributed by atoms with E-state index in [-0.39, 0.29) is 12.1 Å². The van der Waals surface area contributed by atoms with E-state index in [0.29, 0.717) is 37.5 Å². The van der Waals surface area contributed by atoms with Crippen molar-refractivity contribution in [3.05, 3.63) is 11.8 Å². The molecule has 2 heterocycles. The molecule has 1 aromatic rings. The van der Waals surface area contributed by atoms with Gasteiger partial charge in [0.15, 0.2) is 5.82 Å². The van der Waals surface area contributed by atoms with Crippen molar-refractivity contribution in [3.8, 4) is 0 Å². The Kier molecular flexibility index (Phi) is 4.52. The van der Waals surface area contributed by atoms with Crippen LogP contribution >= 0.6 is 0 Å². The maximum atomic E-state index is 12.1. The highest BCUT2D eigenvalue weighted by molar-refractivity contribution is 7.88. The number of piperidine rings is 1. The summed E-state index contributed by atoms with van der Waals surface area (Å²) in [5, 5.41) is 6.36. The lowest BCUT2D eigenvalue weighted by molar-refractivity contribution is 0.175. The molecule has 9 heteroatoms. The van der Waals surface area contributed by atoms with Gasteiger partial charge in [-0.25, -0.2) is 17.5 Å². The predicted molar refractivity (Wildman–Crippen MR) is 77.5 cm³/mol. The molecule has 0 saturated carbocycles. The van der Waals surface area contributed by atoms with E-state index in [9.17, 15) is 13.2 Å². The van der Waals surface area contributed by atoms with Crippen LogP contribution in [0.2, 0.25) is 0 Å². The van der Waals surface area contributed by atoms with Crippen molar-refractivity contribution in [1.82, 2.24) is 14.4 Å². The molecular formula is C12H20N4O4S. The van der Waals surface area contributed by atoms with Crippen LogP contribution in [-0.2, 0) is 10.0 Å². The average molecular weight is 316 g/mol. The van der Waals surface area contributed by atoms with E-state index < -0.39 is 10.0 Å². The van der Waals surface area contributed by atoms with Crippen LogP contribution < -0.4 is 5.32 Å². The third-order valence-corrected chi connectivity index (χ3v) is 5.00. The van der Waals surface area contributed by atoms with Crippen LogP contribution in [-0.4, -0.2) is 61.2 Å². The molecule has 0 aromatic carbocycles. The number of sulfonamides is 1. The summed E-state index contributed by atoms with van der Waals surface area (Å²) in [4.78, 5) is 13.7. The van der Waals surface area contributed by atoms with Crippen molar-refractivity contribution < 1.29 is 17.7 Å². The number of likely N-dealkylation sites (tertiary alicyclic amines) is 1. The minimum atomic E-state index is -3.19. The van der Waals surface area contributed by atoms with Gasteiger partial charge in [-0.2, -0.15) is 0 Å². The highest BCUT2D eigenvalue weighted by Gasteiger charge is 2.29. The van der Waals surface area contributed by atoms with Gasteiger partial charge < -0.3 is 9.42 Å². The van der Waals surface area contributed by atoms with Crippen LogP contribution in [0.3, 0.4) is 0 Å². The van der Waals surface area contributed by atoms with E-state index >= 15 is 0 Å². The van der Waals surface area contributed by atoms with Gasteiger partial charge in [0.05, 0.1) is 6.26 Å². The Bertz CT molecular complexity index is 605. The monoisotopic (exact) mass is 316 g/mol. The van der Waals surface area contributed by atoms with Crippen LogP contribution in [0.25, 0.3) is 0 Å². The fourth-order valence-electron chi connectivity index (χ4n) is 2.32. The second-order valence-electron chi connectivity index (χ2n) is 5.25. The number of amides is 2. The van der Waals surface area contributed by atoms with E-state index in [1.54, 1.807) is 24.9 Å². The molecule has 2 rings (SSSR count). The lowest BCUT2D eigenvalue weighted by Gasteiger charge is -2.35. The summed E-state index contributed by atoms with van der Waals surface area (Å²) in [6, 6.07) is 1.34. The first-order valence-electron chi connectivity index (χ1n) is 6.69. The van der Waals surface area contributed by atoms with Gasteiger partial charge in [0, 0.05) is 32.2 Å². The van der Waals surface area contributed by atoms with E-state index in [4.69, 9.17) is 4.52 Å². The molecule has 0 spiro atoms. The number of carbonyl (C=O) groups is 1. The number of nitrogens with one attached hydrogen (secondary N) is 1. The molecule has 1 N–H and O–H groups in total. The maximum Gasteiger partial charge on any atom is 0.323 e. The molecule has 2 amide bonds. The molecule has 0 unspecified atom stereocenters. The molecule has 1 fully saturated rings. The summed E-state index contributed by atoms with van der Waals surface area (Å²) in [6.45, 7) is 2.76. The fraction of sp³-hybridized carbons (Fsp3) is 0.667. The van der Waals surface area contributed by atoms with Crippen molar-refractivity contribution in [3.63, 3.8) is 0 Å². The largest absolute Gasteiger partial charge is 0.360 e. The van der Waals surface area contributed by atoms with E-state index in [0.717, 1.165) is 0 Å². The first kappa shape index (κ1) is 15.8. The van der Waals surface area contributed by atoms with Gasteiger partial charge >= 0.3 is 6.03 Å². The van der Waals surface area contributed by atoms with Crippen LogP contribution in [0, 0.1) is 6.92 Å². The summed E-state index contributed by atoms with van der Waals surface area (Å²) in [5.74, 6) is 1.01. The summed E-state index contributed by atoms with van der Waals surface area (Å²) in [7, 11) is -1.62. The van der Waals surface area contributed by atoms with E-state index in [1.165, 1.54) is 10.6 Å². The Morgan fingerprint density at radius 3 is 2.57 bits per heavy atom. The fourth-order valence-corrected chi connectivity index (χ4v) is 3.07. The Labute approximate surface area is 124 Å². The number of carbonyl (C=O) groups excluding carboxylic acids is 1. The molecule has 1 aromatic heterocycles. The second-order valence-corrected chi connectivity index (χ2v) is 7.29. The van der Waals surface area contributed by atoms with Crippen molar-refractivity contribution in [2.24, 2.45) is 0 Å². The SMILES string of the molecule is Cc1cc(NC(=O)N2CCC(N(C)S(C)(=O)=O)CC2)no1. The first-order chi connectivity index (χ1) is 9.77. The van der Waals surface area contributed by atoms with Crippen molar-refractivity contribution in [1.29, 1.82) is 0 Å². The van der Waals surface area contributed by atoms with Gasteiger partial charge in [0.2, 0.25) is 10.0 Å². The third kappa shape index (κ3) is 3.94. The van der Waals surface area contributed by atoms with Crippen LogP contribution in [0.15, 0.2) is 10.6 Å². The summed E-state index contributed by atoms with van der Waals surface area (Å²) < 4.78 is 29.3. The van der Waals surface area contributed by atoms with E-state index in [1.807, 2.05) is 0 Å². The number of nitrogens with zero attached hydrogens (tertiary/aromatic N) is 3. The lowest BCUT2D eigenvalue weighted by Crippen LogP contribution is -2.48. The number of urea groups is 1. The number of aromatic nitrogens is 1. The molecule has 1 saturated heterocycles. The summed E-state index contributed by atoms with van der Waals surface area (Å²) in [5.41, 5.74) is 0. The van der Waals surface area contributed by atoms with Crippen molar-refractivity contribution in [2.75, 3.05) is 31.7 Å². The molecule has 0 radical (unpaired) electrons. The number of aryl methyl sites for hydroxylation is 1. The minimum absolute atomic E-state index is 0.0571. The molecule has 1 aliphatic rings. The lowest BCUT2D eigenvalue weighted by atomic mass is 10.1. The highest BCUT2D eigenvalue weighted by atomic mass is 32.2. The second kappa shape index (κ2) is 6.02. The van der Waals surface area contributed by atoms with Crippen LogP contribution in [0.4, 0.5) is 10.6 Å². The molecule has 0 atom stereocenters. The molecule has 1 aliphatic heterocycles. The van der Waals surface area contributed by atoms with Crippen molar-refractivity contribution in [2.45, 2.75) is 25.8 Å². The zero-order valence-electron chi connectivity index (χ0n) is 12.4. The van der Waals surface area contributed by atoms with Gasteiger partial charge in [0.25, 0.3) is 0 Å². The molecular weight excluding hydrogens is 296 g/mol. The Hall–Kier alpha value is -1.61. The summed E-state index contributed by atoms with van der Waals surface area (Å²) >= 11 is 0. The van der Waals surface area contributed by atoms with Crippen molar-refractivity contribution >= 4 is 21.9 Å². The standard InChI is InChI=1S/C12H20N4O4S/c1-9-8-11(14-20-9)13-12(17)16-6-4-10(5-7-16)15(2)21(3,18)19/h8,10H,4-7H2,1-3H3,(H,13,14,17). The zero-order chi connectivity index (χ0) is 15.6. The van der Waals surface area contributed by atoms with E-state index in [2.05, 4.69) is 10.5 Å². The quantitative estimate of drug-likeness (QED) is 0.892. The van der Waals surface area contributed by atoms with Gasteiger partial charge in [-0.05, 0) is 19.8 Å². The van der Waals surface area contributed by atoms with Gasteiger partial charge in [-0.3, -0.25) is 5.32 Å². The van der Waals surface area contributed by atoms with Gasteiger partial charge in [-0.15, -0.1) is 0 Å². The topological polar surface area (TPSA) is 95.8 Å². The predicted octanol–water partition coefficient (Wildman–Crippen LogP) is 0.871. The smallest absolute Gasteiger partial charge is 0.323 e. The first-order valence-corrected chi connectivity index (χ1v) is 8.54. The minimum Gasteiger partial charge on any atom is -0.360 e. The number of rotatable bonds is 3. The Balaban J connectivity index is 1.87. The summed E-state index contributed by atoms with van der Waals surface area (Å²) in [6.07, 6.45) is 2.43. The molecule has 21 heavy (non-hydrogen) atoms. The number of hydrogen-bond acceptors (Lipinski definition) is 5. The zero-order valence-corrected chi connectivity index (χ0v) is 13.2. The van der Waals surface area contributed by atoms with Gasteiger partial charge in [-0.1, -0.05) is 5.16 Å². The average Bonchev–Trinajstić information content (AvgIpc) is 2.82. The van der Waals surface area contributed by atoms with Gasteiger partial charge in [0.1, 0.15) is 5.76 Å². The highest BCUT2D eigenvalue weighted by Crippen LogP contribution is 2.18. The number of anilines is 1. The Morgan fingerprint density at radius 1 is 1.48 bits per heavy atom. The normalized spacial score (nSPS) is 17.2. The van der Waals surface area contributed by atoms with Crippen LogP contribution in [0.5, 0.6) is 0 Å². The number of hydrogen-bond donors (Lipinski definition) is 1.